The van der Waals surface area contributed by atoms with Gasteiger partial charge in [-0.25, -0.2) is 4.79 Å². The fourth-order valence-corrected chi connectivity index (χ4v) is 2.81. The van der Waals surface area contributed by atoms with Crippen molar-refractivity contribution >= 4 is 17.6 Å². The Bertz CT molecular complexity index is 825. The number of carbonyl (C=O) groups excluding carboxylic acids is 1. The fourth-order valence-electron chi connectivity index (χ4n) is 2.81. The third-order valence-electron chi connectivity index (χ3n) is 4.12. The van der Waals surface area contributed by atoms with Gasteiger partial charge in [-0.1, -0.05) is 29.3 Å². The van der Waals surface area contributed by atoms with Crippen molar-refractivity contribution in [3.8, 4) is 0 Å². The van der Waals surface area contributed by atoms with E-state index < -0.39 is 16.9 Å². The average molecular weight is 356 g/mol. The number of rotatable bonds is 6. The van der Waals surface area contributed by atoms with Crippen molar-refractivity contribution in [2.45, 2.75) is 26.3 Å². The van der Waals surface area contributed by atoms with Crippen LogP contribution in [0.1, 0.15) is 27.0 Å². The minimum Gasteiger partial charge on any atom is -0.480 e. The highest BCUT2D eigenvalue weighted by Gasteiger charge is 2.28. The van der Waals surface area contributed by atoms with Crippen molar-refractivity contribution < 1.29 is 19.6 Å². The predicted octanol–water partition coefficient (Wildman–Crippen LogP) is 2.98. The molecule has 0 spiro atoms. The molecule has 7 nitrogen and oxygen atoms in total. The molecule has 0 heterocycles. The summed E-state index contributed by atoms with van der Waals surface area (Å²) in [4.78, 5) is 35.8. The van der Waals surface area contributed by atoms with E-state index in [0.29, 0.717) is 11.1 Å². The van der Waals surface area contributed by atoms with Crippen molar-refractivity contribution in [1.82, 2.24) is 4.90 Å². The first-order valence-corrected chi connectivity index (χ1v) is 8.00. The maximum Gasteiger partial charge on any atom is 0.326 e. The SMILES string of the molecule is Cc1cc(C)cc(C(=O)N(C)[C@@H](Cc2ccc([N+](=O)[O-])cc2)C(=O)O)c1. The number of benzene rings is 2. The van der Waals surface area contributed by atoms with Gasteiger partial charge in [-0.15, -0.1) is 0 Å². The molecule has 2 rings (SSSR count). The van der Waals surface area contributed by atoms with Gasteiger partial charge >= 0.3 is 5.97 Å². The molecule has 2 aromatic rings. The largest absolute Gasteiger partial charge is 0.480 e. The Hall–Kier alpha value is -3.22. The summed E-state index contributed by atoms with van der Waals surface area (Å²) >= 11 is 0. The van der Waals surface area contributed by atoms with Crippen LogP contribution < -0.4 is 0 Å². The number of nitrogens with zero attached hydrogens (tertiary/aromatic N) is 2. The Kier molecular flexibility index (Phi) is 5.71. The lowest BCUT2D eigenvalue weighted by Crippen LogP contribution is -2.43. The zero-order valence-electron chi connectivity index (χ0n) is 14.8. The Morgan fingerprint density at radius 2 is 1.65 bits per heavy atom. The van der Waals surface area contributed by atoms with Gasteiger partial charge in [0.1, 0.15) is 6.04 Å². The molecule has 2 aromatic carbocycles. The number of nitro groups is 1. The first-order valence-electron chi connectivity index (χ1n) is 8.00. The van der Waals surface area contributed by atoms with Gasteiger partial charge in [0.15, 0.2) is 0 Å². The van der Waals surface area contributed by atoms with E-state index in [1.807, 2.05) is 19.9 Å². The van der Waals surface area contributed by atoms with Gasteiger partial charge in [-0.2, -0.15) is 0 Å². The Morgan fingerprint density at radius 1 is 1.12 bits per heavy atom. The quantitative estimate of drug-likeness (QED) is 0.633. The first kappa shape index (κ1) is 19.1. The monoisotopic (exact) mass is 356 g/mol. The molecule has 0 bridgehead atoms. The summed E-state index contributed by atoms with van der Waals surface area (Å²) in [5.41, 5.74) is 2.80. The predicted molar refractivity (Wildman–Crippen MR) is 96.2 cm³/mol. The summed E-state index contributed by atoms with van der Waals surface area (Å²) in [6.07, 6.45) is 0.0559. The number of non-ortho nitro benzene ring substituents is 1. The number of carbonyl (C=O) groups is 2. The van der Waals surface area contributed by atoms with E-state index in [4.69, 9.17) is 0 Å². The van der Waals surface area contributed by atoms with Crippen LogP contribution in [0.15, 0.2) is 42.5 Å². The van der Waals surface area contributed by atoms with Crippen LogP contribution in [-0.2, 0) is 11.2 Å². The van der Waals surface area contributed by atoms with Crippen LogP contribution in [0, 0.1) is 24.0 Å². The first-order chi connectivity index (χ1) is 12.2. The van der Waals surface area contributed by atoms with Gasteiger partial charge in [0, 0.05) is 31.2 Å². The number of hydrogen-bond acceptors (Lipinski definition) is 4. The molecule has 0 aliphatic carbocycles. The number of carboxylic acids is 1. The van der Waals surface area contributed by atoms with Gasteiger partial charge in [-0.3, -0.25) is 14.9 Å². The molecule has 0 unspecified atom stereocenters. The van der Waals surface area contributed by atoms with Crippen LogP contribution in [-0.4, -0.2) is 39.9 Å². The molecule has 1 atom stereocenters. The minimum atomic E-state index is -1.14. The van der Waals surface area contributed by atoms with Gasteiger partial charge < -0.3 is 10.0 Å². The summed E-state index contributed by atoms with van der Waals surface area (Å²) < 4.78 is 0. The lowest BCUT2D eigenvalue weighted by Gasteiger charge is -2.25. The third-order valence-corrected chi connectivity index (χ3v) is 4.12. The lowest BCUT2D eigenvalue weighted by atomic mass is 10.0. The summed E-state index contributed by atoms with van der Waals surface area (Å²) in [5.74, 6) is -1.52. The van der Waals surface area contributed by atoms with Crippen LogP contribution in [0.3, 0.4) is 0 Å². The fraction of sp³-hybridized carbons (Fsp3) is 0.263. The number of hydrogen-bond donors (Lipinski definition) is 1. The van der Waals surface area contributed by atoms with E-state index in [1.165, 1.54) is 36.2 Å². The van der Waals surface area contributed by atoms with Crippen LogP contribution in [0.25, 0.3) is 0 Å². The van der Waals surface area contributed by atoms with Crippen molar-refractivity contribution in [2.24, 2.45) is 0 Å². The molecular weight excluding hydrogens is 336 g/mol. The van der Waals surface area contributed by atoms with Gasteiger partial charge in [-0.05, 0) is 31.5 Å². The second kappa shape index (κ2) is 7.77. The zero-order valence-corrected chi connectivity index (χ0v) is 14.8. The molecule has 26 heavy (non-hydrogen) atoms. The van der Waals surface area contributed by atoms with Gasteiger partial charge in [0.05, 0.1) is 4.92 Å². The van der Waals surface area contributed by atoms with Crippen LogP contribution in [0.2, 0.25) is 0 Å². The smallest absolute Gasteiger partial charge is 0.326 e. The number of aryl methyl sites for hydroxylation is 2. The number of carboxylic acid groups (broad SMARTS) is 1. The highest BCUT2D eigenvalue weighted by Crippen LogP contribution is 2.17. The normalized spacial score (nSPS) is 11.7. The Balaban J connectivity index is 2.23. The topological polar surface area (TPSA) is 101 Å². The molecule has 0 aromatic heterocycles. The van der Waals surface area contributed by atoms with E-state index in [0.717, 1.165) is 11.1 Å². The molecule has 136 valence electrons. The van der Waals surface area contributed by atoms with E-state index in [-0.39, 0.29) is 18.0 Å². The summed E-state index contributed by atoms with van der Waals surface area (Å²) in [6.45, 7) is 3.74. The molecule has 1 N–H and O–H groups in total. The van der Waals surface area contributed by atoms with Crippen molar-refractivity contribution in [1.29, 1.82) is 0 Å². The second-order valence-corrected chi connectivity index (χ2v) is 6.27. The summed E-state index contributed by atoms with van der Waals surface area (Å²) in [7, 11) is 1.45. The number of aliphatic carboxylic acids is 1. The molecule has 0 radical (unpaired) electrons. The van der Waals surface area contributed by atoms with Crippen LogP contribution in [0.5, 0.6) is 0 Å². The summed E-state index contributed by atoms with van der Waals surface area (Å²) in [6, 6.07) is 9.94. The Labute approximate surface area is 151 Å². The third kappa shape index (κ3) is 4.44. The van der Waals surface area contributed by atoms with Gasteiger partial charge in [0.2, 0.25) is 0 Å². The highest BCUT2D eigenvalue weighted by atomic mass is 16.6. The van der Waals surface area contributed by atoms with Crippen LogP contribution >= 0.6 is 0 Å². The van der Waals surface area contributed by atoms with E-state index in [1.54, 1.807) is 12.1 Å². The maximum atomic E-state index is 12.7. The van der Waals surface area contributed by atoms with Crippen LogP contribution in [0.4, 0.5) is 5.69 Å². The lowest BCUT2D eigenvalue weighted by molar-refractivity contribution is -0.384. The number of amides is 1. The minimum absolute atomic E-state index is 0.0559. The molecule has 0 saturated carbocycles. The van der Waals surface area contributed by atoms with E-state index >= 15 is 0 Å². The van der Waals surface area contributed by atoms with Gasteiger partial charge in [0.25, 0.3) is 11.6 Å². The molecule has 0 aliphatic rings. The molecule has 0 saturated heterocycles. The molecular formula is C19H20N2O5. The zero-order chi connectivity index (χ0) is 19.4. The second-order valence-electron chi connectivity index (χ2n) is 6.27. The Morgan fingerprint density at radius 3 is 2.12 bits per heavy atom. The number of nitro benzene ring substituents is 1. The maximum absolute atomic E-state index is 12.7. The van der Waals surface area contributed by atoms with E-state index in [2.05, 4.69) is 0 Å². The molecule has 1 amide bonds. The van der Waals surface area contributed by atoms with E-state index in [9.17, 15) is 24.8 Å². The number of likely N-dealkylation sites (N-methyl/N-ethyl adjacent to an activating group) is 1. The highest BCUT2D eigenvalue weighted by molar-refractivity contribution is 5.96. The standard InChI is InChI=1S/C19H20N2O5/c1-12-8-13(2)10-15(9-12)18(22)20(3)17(19(23)24)11-14-4-6-16(7-5-14)21(25)26/h4-10,17H,11H2,1-3H3,(H,23,24)/t17-/m0/s1. The average Bonchev–Trinajstić information content (AvgIpc) is 2.57. The molecule has 7 heteroatoms. The van der Waals surface area contributed by atoms with Crippen molar-refractivity contribution in [2.75, 3.05) is 7.05 Å². The molecule has 0 fully saturated rings. The van der Waals surface area contributed by atoms with Crippen molar-refractivity contribution in [3.63, 3.8) is 0 Å². The molecule has 0 aliphatic heterocycles. The van der Waals surface area contributed by atoms with Crippen molar-refractivity contribution in [3.05, 3.63) is 74.8 Å². The summed E-state index contributed by atoms with van der Waals surface area (Å²) in [5, 5.41) is 20.3.